The molecule has 0 N–H and O–H groups in total. The molecule has 0 aliphatic carbocycles. The molecule has 3 rings (SSSR count). The Hall–Kier alpha value is -1.96. The number of benzene rings is 2. The second-order valence-corrected chi connectivity index (χ2v) is 4.51. The van der Waals surface area contributed by atoms with E-state index < -0.39 is 0 Å². The van der Waals surface area contributed by atoms with E-state index in [2.05, 4.69) is 43.3 Å². The summed E-state index contributed by atoms with van der Waals surface area (Å²) in [7, 11) is 0. The van der Waals surface area contributed by atoms with Crippen molar-refractivity contribution in [1.82, 2.24) is 0 Å². The van der Waals surface area contributed by atoms with Gasteiger partial charge in [0.15, 0.2) is 11.5 Å². The highest BCUT2D eigenvalue weighted by Crippen LogP contribution is 2.34. The topological polar surface area (TPSA) is 18.5 Å². The maximum absolute atomic E-state index is 5.40. The summed E-state index contributed by atoms with van der Waals surface area (Å²) in [5.41, 5.74) is 2.54. The summed E-state index contributed by atoms with van der Waals surface area (Å²) in [6.45, 7) is 2.49. The molecule has 18 heavy (non-hydrogen) atoms. The van der Waals surface area contributed by atoms with Gasteiger partial charge in [-0.3, -0.25) is 0 Å². The van der Waals surface area contributed by atoms with Gasteiger partial charge in [0.25, 0.3) is 0 Å². The van der Waals surface area contributed by atoms with Gasteiger partial charge in [-0.2, -0.15) is 0 Å². The van der Waals surface area contributed by atoms with Gasteiger partial charge >= 0.3 is 0 Å². The average molecular weight is 239 g/mol. The van der Waals surface area contributed by atoms with Crippen molar-refractivity contribution in [2.45, 2.75) is 13.3 Å². The van der Waals surface area contributed by atoms with Crippen LogP contribution >= 0.6 is 0 Å². The van der Waals surface area contributed by atoms with Crippen molar-refractivity contribution < 1.29 is 9.47 Å². The normalized spacial score (nSPS) is 13.0. The molecule has 2 nitrogen and oxygen atoms in total. The number of rotatable bonds is 3. The zero-order chi connectivity index (χ0) is 12.4. The van der Waals surface area contributed by atoms with Gasteiger partial charge < -0.3 is 9.47 Å². The Balaban J connectivity index is 1.78. The van der Waals surface area contributed by atoms with E-state index in [9.17, 15) is 0 Å². The van der Waals surface area contributed by atoms with Crippen molar-refractivity contribution in [3.05, 3.63) is 65.6 Å². The Labute approximate surface area is 107 Å². The maximum Gasteiger partial charge on any atom is 0.231 e. The lowest BCUT2D eigenvalue weighted by Gasteiger charge is -2.11. The van der Waals surface area contributed by atoms with Crippen LogP contribution in [0.15, 0.2) is 48.5 Å². The first-order valence-corrected chi connectivity index (χ1v) is 6.09. The fourth-order valence-corrected chi connectivity index (χ4v) is 2.17. The number of hydrogen-bond acceptors (Lipinski definition) is 2. The predicted molar refractivity (Wildman–Crippen MR) is 70.7 cm³/mol. The Kier molecular flexibility index (Phi) is 2.93. The fraction of sp³-hybridized carbons (Fsp3) is 0.188. The van der Waals surface area contributed by atoms with E-state index in [1.807, 2.05) is 12.1 Å². The van der Waals surface area contributed by atoms with Crippen LogP contribution in [0.3, 0.4) is 0 Å². The molecule has 2 aromatic carbocycles. The molecule has 0 bridgehead atoms. The molecule has 0 amide bonds. The molecule has 0 aromatic heterocycles. The predicted octanol–water partition coefficient (Wildman–Crippen LogP) is 3.60. The monoisotopic (exact) mass is 239 g/mol. The van der Waals surface area contributed by atoms with Crippen LogP contribution in [0.1, 0.15) is 18.1 Å². The SMILES string of the molecule is C[C](Cc1ccccc1)c1ccc2c(c1)OCO2. The zero-order valence-electron chi connectivity index (χ0n) is 10.3. The first-order chi connectivity index (χ1) is 8.83. The molecule has 1 radical (unpaired) electrons. The summed E-state index contributed by atoms with van der Waals surface area (Å²) >= 11 is 0. The molecule has 1 aliphatic heterocycles. The van der Waals surface area contributed by atoms with E-state index in [4.69, 9.17) is 9.47 Å². The Morgan fingerprint density at radius 2 is 1.78 bits per heavy atom. The molecule has 0 spiro atoms. The van der Waals surface area contributed by atoms with Crippen LogP contribution in [0, 0.1) is 5.92 Å². The molecular formula is C16H15O2. The van der Waals surface area contributed by atoms with Gasteiger partial charge in [0.05, 0.1) is 0 Å². The highest BCUT2D eigenvalue weighted by molar-refractivity contribution is 5.48. The lowest BCUT2D eigenvalue weighted by atomic mass is 9.93. The summed E-state index contributed by atoms with van der Waals surface area (Å²) in [5.74, 6) is 3.02. The van der Waals surface area contributed by atoms with Crippen LogP contribution in [0.2, 0.25) is 0 Å². The molecule has 2 heteroatoms. The number of hydrogen-bond donors (Lipinski definition) is 0. The van der Waals surface area contributed by atoms with E-state index in [-0.39, 0.29) is 0 Å². The van der Waals surface area contributed by atoms with Gasteiger partial charge in [-0.1, -0.05) is 43.3 Å². The molecule has 2 aromatic rings. The van der Waals surface area contributed by atoms with Crippen LogP contribution in [-0.4, -0.2) is 6.79 Å². The van der Waals surface area contributed by atoms with Gasteiger partial charge in [-0.15, -0.1) is 0 Å². The van der Waals surface area contributed by atoms with Gasteiger partial charge in [0, 0.05) is 5.92 Å². The summed E-state index contributed by atoms with van der Waals surface area (Å²) in [6.07, 6.45) is 0.959. The molecule has 0 unspecified atom stereocenters. The third kappa shape index (κ3) is 2.19. The molecular weight excluding hydrogens is 224 g/mol. The molecule has 0 saturated heterocycles. The van der Waals surface area contributed by atoms with Crippen molar-refractivity contribution in [2.75, 3.05) is 6.79 Å². The van der Waals surface area contributed by atoms with Crippen molar-refractivity contribution >= 4 is 0 Å². The molecule has 0 atom stereocenters. The van der Waals surface area contributed by atoms with E-state index in [1.165, 1.54) is 17.0 Å². The highest BCUT2D eigenvalue weighted by atomic mass is 16.7. The third-order valence-electron chi connectivity index (χ3n) is 3.18. The van der Waals surface area contributed by atoms with E-state index in [0.717, 1.165) is 17.9 Å². The maximum atomic E-state index is 5.40. The van der Waals surface area contributed by atoms with Crippen LogP contribution in [0.4, 0.5) is 0 Å². The first-order valence-electron chi connectivity index (χ1n) is 6.09. The van der Waals surface area contributed by atoms with Gasteiger partial charge in [0.1, 0.15) is 0 Å². The fourth-order valence-electron chi connectivity index (χ4n) is 2.17. The smallest absolute Gasteiger partial charge is 0.231 e. The molecule has 1 aliphatic rings. The lowest BCUT2D eigenvalue weighted by molar-refractivity contribution is 0.174. The second-order valence-electron chi connectivity index (χ2n) is 4.51. The Bertz CT molecular complexity index is 534. The summed E-state index contributed by atoms with van der Waals surface area (Å²) < 4.78 is 10.7. The molecule has 0 fully saturated rings. The highest BCUT2D eigenvalue weighted by Gasteiger charge is 2.16. The lowest BCUT2D eigenvalue weighted by Crippen LogP contribution is -1.99. The van der Waals surface area contributed by atoms with Crippen LogP contribution < -0.4 is 9.47 Å². The van der Waals surface area contributed by atoms with E-state index in [1.54, 1.807) is 0 Å². The second kappa shape index (κ2) is 4.73. The largest absolute Gasteiger partial charge is 0.454 e. The third-order valence-corrected chi connectivity index (χ3v) is 3.18. The number of fused-ring (bicyclic) bond motifs is 1. The van der Waals surface area contributed by atoms with Gasteiger partial charge in [-0.05, 0) is 29.7 Å². The Morgan fingerprint density at radius 1 is 1.00 bits per heavy atom. The van der Waals surface area contributed by atoms with Crippen LogP contribution in [0.25, 0.3) is 0 Å². The van der Waals surface area contributed by atoms with Crippen molar-refractivity contribution in [2.24, 2.45) is 0 Å². The standard InChI is InChI=1S/C16H15O2/c1-12(9-13-5-3-2-4-6-13)14-7-8-15-16(10-14)18-11-17-15/h2-8,10H,9,11H2,1H3. The molecule has 0 saturated carbocycles. The summed E-state index contributed by atoms with van der Waals surface area (Å²) in [4.78, 5) is 0. The van der Waals surface area contributed by atoms with Crippen molar-refractivity contribution in [3.63, 3.8) is 0 Å². The molecule has 1 heterocycles. The van der Waals surface area contributed by atoms with E-state index >= 15 is 0 Å². The summed E-state index contributed by atoms with van der Waals surface area (Å²) in [5, 5.41) is 0. The van der Waals surface area contributed by atoms with Crippen molar-refractivity contribution in [3.8, 4) is 11.5 Å². The van der Waals surface area contributed by atoms with Crippen LogP contribution in [-0.2, 0) is 6.42 Å². The van der Waals surface area contributed by atoms with Crippen LogP contribution in [0.5, 0.6) is 11.5 Å². The minimum absolute atomic E-state index is 0.330. The van der Waals surface area contributed by atoms with Crippen molar-refractivity contribution in [1.29, 1.82) is 0 Å². The quantitative estimate of drug-likeness (QED) is 0.814. The Morgan fingerprint density at radius 3 is 2.61 bits per heavy atom. The number of ether oxygens (including phenoxy) is 2. The summed E-state index contributed by atoms with van der Waals surface area (Å²) in [6, 6.07) is 16.6. The van der Waals surface area contributed by atoms with Gasteiger partial charge in [-0.25, -0.2) is 0 Å². The minimum atomic E-state index is 0.330. The zero-order valence-corrected chi connectivity index (χ0v) is 10.3. The first kappa shape index (κ1) is 11.1. The molecule has 91 valence electrons. The van der Waals surface area contributed by atoms with E-state index in [0.29, 0.717) is 6.79 Å². The minimum Gasteiger partial charge on any atom is -0.454 e. The average Bonchev–Trinajstić information content (AvgIpc) is 2.87. The van der Waals surface area contributed by atoms with Gasteiger partial charge in [0.2, 0.25) is 6.79 Å².